The lowest BCUT2D eigenvalue weighted by Crippen LogP contribution is -2.24. The first-order chi connectivity index (χ1) is 11.9. The predicted octanol–water partition coefficient (Wildman–Crippen LogP) is 2.34. The van der Waals surface area contributed by atoms with E-state index in [0.29, 0.717) is 23.7 Å². The number of benzene rings is 1. The second-order valence-corrected chi connectivity index (χ2v) is 6.99. The van der Waals surface area contributed by atoms with Gasteiger partial charge in [-0.2, -0.15) is 0 Å². The number of carbonyl (C=O) groups is 1. The van der Waals surface area contributed by atoms with Crippen molar-refractivity contribution in [3.05, 3.63) is 47.7 Å². The molecule has 1 heterocycles. The molecular weight excluding hydrogens is 342 g/mol. The van der Waals surface area contributed by atoms with Crippen molar-refractivity contribution in [1.82, 2.24) is 9.71 Å². The Kier molecular flexibility index (Phi) is 6.11. The zero-order valence-electron chi connectivity index (χ0n) is 14.4. The summed E-state index contributed by atoms with van der Waals surface area (Å²) in [7, 11) is -3.64. The number of rotatable bonds is 7. The molecule has 0 saturated heterocycles. The minimum absolute atomic E-state index is 0.0429. The zero-order valence-corrected chi connectivity index (χ0v) is 15.2. The third-order valence-corrected chi connectivity index (χ3v) is 4.94. The van der Waals surface area contributed by atoms with E-state index in [9.17, 15) is 13.2 Å². The van der Waals surface area contributed by atoms with Crippen LogP contribution in [0.5, 0.6) is 5.88 Å². The molecule has 7 nitrogen and oxygen atoms in total. The maximum atomic E-state index is 12.6. The molecule has 0 radical (unpaired) electrons. The lowest BCUT2D eigenvalue weighted by molar-refractivity contribution is 0.102. The van der Waals surface area contributed by atoms with Crippen LogP contribution in [0.15, 0.2) is 41.4 Å². The Labute approximate surface area is 147 Å². The van der Waals surface area contributed by atoms with Gasteiger partial charge in [0, 0.05) is 18.3 Å². The molecule has 1 amide bonds. The number of sulfonamides is 1. The fourth-order valence-corrected chi connectivity index (χ4v) is 3.28. The van der Waals surface area contributed by atoms with E-state index in [1.807, 2.05) is 6.92 Å². The molecule has 8 heteroatoms. The molecule has 134 valence electrons. The Morgan fingerprint density at radius 3 is 2.68 bits per heavy atom. The van der Waals surface area contributed by atoms with Crippen LogP contribution in [0.25, 0.3) is 0 Å². The highest BCUT2D eigenvalue weighted by Gasteiger charge is 2.18. The molecule has 2 rings (SSSR count). The smallest absolute Gasteiger partial charge is 0.256 e. The monoisotopic (exact) mass is 363 g/mol. The molecule has 0 aliphatic rings. The summed E-state index contributed by atoms with van der Waals surface area (Å²) < 4.78 is 32.1. The molecule has 1 aromatic carbocycles. The van der Waals surface area contributed by atoms with Gasteiger partial charge in [0.05, 0.1) is 11.5 Å². The highest BCUT2D eigenvalue weighted by molar-refractivity contribution is 7.89. The van der Waals surface area contributed by atoms with Crippen LogP contribution in [-0.2, 0) is 10.0 Å². The van der Waals surface area contributed by atoms with Crippen LogP contribution < -0.4 is 14.8 Å². The number of hydrogen-bond donors (Lipinski definition) is 2. The van der Waals surface area contributed by atoms with Gasteiger partial charge in [-0.05, 0) is 43.7 Å². The quantitative estimate of drug-likeness (QED) is 0.787. The molecule has 0 bridgehead atoms. The standard InChI is InChI=1S/C17H21N3O4S/c1-4-19-25(22,23)13-9-8-12(3)14(11-13)16(21)20-15-7-6-10-18-17(15)24-5-2/h6-11,19H,4-5H2,1-3H3,(H,20,21). The molecule has 0 saturated carbocycles. The van der Waals surface area contributed by atoms with Crippen LogP contribution in [0.3, 0.4) is 0 Å². The third kappa shape index (κ3) is 4.55. The molecule has 2 N–H and O–H groups in total. The normalized spacial score (nSPS) is 11.2. The summed E-state index contributed by atoms with van der Waals surface area (Å²) in [5, 5.41) is 2.72. The number of hydrogen-bond acceptors (Lipinski definition) is 5. The highest BCUT2D eigenvalue weighted by Crippen LogP contribution is 2.23. The average molecular weight is 363 g/mol. The van der Waals surface area contributed by atoms with Gasteiger partial charge >= 0.3 is 0 Å². The van der Waals surface area contributed by atoms with Crippen molar-refractivity contribution in [3.8, 4) is 5.88 Å². The first kappa shape index (κ1) is 18.9. The highest BCUT2D eigenvalue weighted by atomic mass is 32.2. The van der Waals surface area contributed by atoms with Gasteiger partial charge in [-0.3, -0.25) is 4.79 Å². The van der Waals surface area contributed by atoms with Crippen molar-refractivity contribution in [3.63, 3.8) is 0 Å². The molecular formula is C17H21N3O4S. The summed E-state index contributed by atoms with van der Waals surface area (Å²) >= 11 is 0. The number of amides is 1. The van der Waals surface area contributed by atoms with Crippen molar-refractivity contribution < 1.29 is 17.9 Å². The molecule has 1 aromatic heterocycles. The molecule has 0 unspecified atom stereocenters. The van der Waals surface area contributed by atoms with Crippen molar-refractivity contribution in [1.29, 1.82) is 0 Å². The van der Waals surface area contributed by atoms with Gasteiger partial charge in [0.25, 0.3) is 5.91 Å². The largest absolute Gasteiger partial charge is 0.476 e. The lowest BCUT2D eigenvalue weighted by Gasteiger charge is -2.12. The number of carbonyl (C=O) groups excluding carboxylic acids is 1. The van der Waals surface area contributed by atoms with E-state index >= 15 is 0 Å². The number of pyridine rings is 1. The Morgan fingerprint density at radius 1 is 1.24 bits per heavy atom. The van der Waals surface area contributed by atoms with E-state index in [1.54, 1.807) is 38.2 Å². The summed E-state index contributed by atoms with van der Waals surface area (Å²) in [5.74, 6) is -0.118. The number of ether oxygens (including phenoxy) is 1. The fourth-order valence-electron chi connectivity index (χ4n) is 2.21. The first-order valence-electron chi connectivity index (χ1n) is 7.88. The number of aromatic nitrogens is 1. The topological polar surface area (TPSA) is 97.4 Å². The van der Waals surface area contributed by atoms with Gasteiger partial charge in [-0.1, -0.05) is 13.0 Å². The number of nitrogens with one attached hydrogen (secondary N) is 2. The van der Waals surface area contributed by atoms with E-state index in [1.165, 1.54) is 12.1 Å². The van der Waals surface area contributed by atoms with E-state index in [4.69, 9.17) is 4.74 Å². The summed E-state index contributed by atoms with van der Waals surface area (Å²) in [6.45, 7) is 5.93. The Balaban J connectivity index is 2.34. The van der Waals surface area contributed by atoms with Gasteiger partial charge in [-0.15, -0.1) is 0 Å². The van der Waals surface area contributed by atoms with Crippen LogP contribution >= 0.6 is 0 Å². The van der Waals surface area contributed by atoms with Gasteiger partial charge in [0.1, 0.15) is 5.69 Å². The van der Waals surface area contributed by atoms with Crippen LogP contribution in [0.4, 0.5) is 5.69 Å². The minimum Gasteiger partial charge on any atom is -0.476 e. The Bertz CT molecular complexity index is 866. The van der Waals surface area contributed by atoms with Crippen LogP contribution in [-0.4, -0.2) is 32.5 Å². The van der Waals surface area contributed by atoms with E-state index in [-0.39, 0.29) is 17.0 Å². The Morgan fingerprint density at radius 2 is 2.00 bits per heavy atom. The fraction of sp³-hybridized carbons (Fsp3) is 0.294. The second kappa shape index (κ2) is 8.09. The molecule has 0 atom stereocenters. The van der Waals surface area contributed by atoms with Crippen molar-refractivity contribution in [2.45, 2.75) is 25.7 Å². The predicted molar refractivity (Wildman–Crippen MR) is 95.4 cm³/mol. The van der Waals surface area contributed by atoms with E-state index < -0.39 is 15.9 Å². The van der Waals surface area contributed by atoms with Crippen molar-refractivity contribution in [2.24, 2.45) is 0 Å². The molecule has 0 fully saturated rings. The average Bonchev–Trinajstić information content (AvgIpc) is 2.57. The van der Waals surface area contributed by atoms with Gasteiger partial charge in [0.2, 0.25) is 15.9 Å². The SMILES string of the molecule is CCNS(=O)(=O)c1ccc(C)c(C(=O)Nc2cccnc2OCC)c1. The summed E-state index contributed by atoms with van der Waals surface area (Å²) in [6.07, 6.45) is 1.56. The molecule has 0 spiro atoms. The lowest BCUT2D eigenvalue weighted by atomic mass is 10.1. The maximum absolute atomic E-state index is 12.6. The third-order valence-electron chi connectivity index (χ3n) is 3.40. The summed E-state index contributed by atoms with van der Waals surface area (Å²) in [6, 6.07) is 7.78. The number of anilines is 1. The van der Waals surface area contributed by atoms with E-state index in [2.05, 4.69) is 15.0 Å². The maximum Gasteiger partial charge on any atom is 0.256 e. The minimum atomic E-state index is -3.64. The summed E-state index contributed by atoms with van der Waals surface area (Å²) in [5.41, 5.74) is 1.36. The first-order valence-corrected chi connectivity index (χ1v) is 9.36. The van der Waals surface area contributed by atoms with Crippen LogP contribution in [0.1, 0.15) is 29.8 Å². The molecule has 0 aliphatic carbocycles. The van der Waals surface area contributed by atoms with Crippen LogP contribution in [0.2, 0.25) is 0 Å². The van der Waals surface area contributed by atoms with Gasteiger partial charge < -0.3 is 10.1 Å². The van der Waals surface area contributed by atoms with Gasteiger partial charge in [-0.25, -0.2) is 18.1 Å². The number of aryl methyl sites for hydroxylation is 1. The van der Waals surface area contributed by atoms with E-state index in [0.717, 1.165) is 0 Å². The molecule has 2 aromatic rings. The Hall–Kier alpha value is -2.45. The van der Waals surface area contributed by atoms with Crippen molar-refractivity contribution in [2.75, 3.05) is 18.5 Å². The van der Waals surface area contributed by atoms with Crippen molar-refractivity contribution >= 4 is 21.6 Å². The van der Waals surface area contributed by atoms with Gasteiger partial charge in [0.15, 0.2) is 0 Å². The summed E-state index contributed by atoms with van der Waals surface area (Å²) in [4.78, 5) is 16.7. The molecule has 25 heavy (non-hydrogen) atoms. The van der Waals surface area contributed by atoms with Crippen LogP contribution in [0, 0.1) is 6.92 Å². The number of nitrogens with zero attached hydrogens (tertiary/aromatic N) is 1. The molecule has 0 aliphatic heterocycles. The zero-order chi connectivity index (χ0) is 18.4. The second-order valence-electron chi connectivity index (χ2n) is 5.22.